The van der Waals surface area contributed by atoms with Crippen molar-refractivity contribution in [1.29, 1.82) is 0 Å². The zero-order valence-electron chi connectivity index (χ0n) is 17.9. The van der Waals surface area contributed by atoms with Crippen molar-refractivity contribution in [2.75, 3.05) is 25.9 Å². The Balaban J connectivity index is 0.00000320. The van der Waals surface area contributed by atoms with Gasteiger partial charge in [0.2, 0.25) is 0 Å². The molecule has 3 rings (SSSR count). The van der Waals surface area contributed by atoms with Gasteiger partial charge in [-0.3, -0.25) is 4.99 Å². The summed E-state index contributed by atoms with van der Waals surface area (Å²) in [5.74, 6) is 2.06. The topological polar surface area (TPSA) is 101 Å². The zero-order valence-corrected chi connectivity index (χ0v) is 21.0. The van der Waals surface area contributed by atoms with Crippen LogP contribution >= 0.6 is 24.0 Å². The SMILES string of the molecule is CCCc1noc(-c2cccc(CNC(=NC)N3CCS(=O)(=O)C(C)(C)C3)c2)n1.I. The predicted octanol–water partition coefficient (Wildman–Crippen LogP) is 2.89. The van der Waals surface area contributed by atoms with Crippen molar-refractivity contribution in [2.45, 2.75) is 44.9 Å². The van der Waals surface area contributed by atoms with Crippen LogP contribution in [-0.2, 0) is 22.8 Å². The highest BCUT2D eigenvalue weighted by Gasteiger charge is 2.40. The van der Waals surface area contributed by atoms with Crippen LogP contribution in [0.4, 0.5) is 0 Å². The Morgan fingerprint density at radius 3 is 2.80 bits per heavy atom. The fourth-order valence-corrected chi connectivity index (χ4v) is 4.71. The summed E-state index contributed by atoms with van der Waals surface area (Å²) in [4.78, 5) is 10.8. The van der Waals surface area contributed by atoms with Crippen LogP contribution in [0.15, 0.2) is 33.8 Å². The Kier molecular flexibility index (Phi) is 8.26. The van der Waals surface area contributed by atoms with E-state index < -0.39 is 14.6 Å². The van der Waals surface area contributed by atoms with Gasteiger partial charge >= 0.3 is 0 Å². The minimum absolute atomic E-state index is 0. The lowest BCUT2D eigenvalue weighted by atomic mass is 10.1. The minimum Gasteiger partial charge on any atom is -0.352 e. The molecule has 1 aliphatic rings. The molecule has 2 heterocycles. The second-order valence-electron chi connectivity index (χ2n) is 7.87. The molecule has 1 aromatic carbocycles. The second-order valence-corrected chi connectivity index (χ2v) is 10.6. The summed E-state index contributed by atoms with van der Waals surface area (Å²) in [6, 6.07) is 7.92. The van der Waals surface area contributed by atoms with Gasteiger partial charge in [-0.25, -0.2) is 8.42 Å². The monoisotopic (exact) mass is 547 g/mol. The molecule has 10 heteroatoms. The standard InChI is InChI=1S/C20H29N5O3S.HI/c1-5-7-17-23-18(28-24-17)16-9-6-8-15(12-16)13-22-19(21-4)25-10-11-29(26,27)20(2,3)14-25;/h6,8-9,12H,5,7,10-11,13-14H2,1-4H3,(H,21,22);1H. The molecular formula is C20H30IN5O3S. The molecule has 0 amide bonds. The van der Waals surface area contributed by atoms with Crippen molar-refractivity contribution in [1.82, 2.24) is 20.4 Å². The van der Waals surface area contributed by atoms with Gasteiger partial charge in [0.15, 0.2) is 21.6 Å². The number of aliphatic imine (C=N–C) groups is 1. The van der Waals surface area contributed by atoms with Crippen LogP contribution in [-0.4, -0.2) is 60.1 Å². The molecular weight excluding hydrogens is 517 g/mol. The van der Waals surface area contributed by atoms with Crippen molar-refractivity contribution in [3.05, 3.63) is 35.7 Å². The highest BCUT2D eigenvalue weighted by Crippen LogP contribution is 2.24. The molecule has 1 aromatic heterocycles. The Hall–Kier alpha value is -1.69. The van der Waals surface area contributed by atoms with Gasteiger partial charge in [-0.05, 0) is 38.0 Å². The minimum atomic E-state index is -3.09. The van der Waals surface area contributed by atoms with Gasteiger partial charge < -0.3 is 14.7 Å². The van der Waals surface area contributed by atoms with E-state index in [-0.39, 0.29) is 29.7 Å². The van der Waals surface area contributed by atoms with E-state index in [1.165, 1.54) is 0 Å². The highest BCUT2D eigenvalue weighted by molar-refractivity contribution is 14.0. The van der Waals surface area contributed by atoms with Gasteiger partial charge in [-0.2, -0.15) is 4.98 Å². The summed E-state index contributed by atoms with van der Waals surface area (Å²) in [5, 5.41) is 7.35. The summed E-state index contributed by atoms with van der Waals surface area (Å²) in [6.45, 7) is 7.02. The van der Waals surface area contributed by atoms with Gasteiger partial charge in [0, 0.05) is 38.7 Å². The summed E-state index contributed by atoms with van der Waals surface area (Å²) in [6.07, 6.45) is 1.76. The van der Waals surface area contributed by atoms with Gasteiger partial charge in [-0.15, -0.1) is 24.0 Å². The maximum atomic E-state index is 12.2. The molecule has 0 bridgehead atoms. The number of halogens is 1. The average Bonchev–Trinajstić information content (AvgIpc) is 3.14. The molecule has 0 atom stereocenters. The van der Waals surface area contributed by atoms with Crippen LogP contribution in [0.25, 0.3) is 11.5 Å². The summed E-state index contributed by atoms with van der Waals surface area (Å²) in [7, 11) is -1.38. The first-order valence-corrected chi connectivity index (χ1v) is 11.5. The fraction of sp³-hybridized carbons (Fsp3) is 0.550. The predicted molar refractivity (Wildman–Crippen MR) is 129 cm³/mol. The maximum Gasteiger partial charge on any atom is 0.257 e. The van der Waals surface area contributed by atoms with E-state index >= 15 is 0 Å². The van der Waals surface area contributed by atoms with Gasteiger partial charge in [0.1, 0.15) is 0 Å². The summed E-state index contributed by atoms with van der Waals surface area (Å²) in [5.41, 5.74) is 1.92. The first-order chi connectivity index (χ1) is 13.8. The second kappa shape index (κ2) is 10.1. The van der Waals surface area contributed by atoms with Crippen LogP contribution < -0.4 is 5.32 Å². The Morgan fingerprint density at radius 1 is 1.37 bits per heavy atom. The number of hydrogen-bond acceptors (Lipinski definition) is 6. The number of rotatable bonds is 5. The van der Waals surface area contributed by atoms with E-state index in [9.17, 15) is 8.42 Å². The van der Waals surface area contributed by atoms with E-state index in [2.05, 4.69) is 27.4 Å². The molecule has 0 unspecified atom stereocenters. The lowest BCUT2D eigenvalue weighted by molar-refractivity contribution is 0.353. The molecule has 1 fully saturated rings. The summed E-state index contributed by atoms with van der Waals surface area (Å²) >= 11 is 0. The van der Waals surface area contributed by atoms with Crippen LogP contribution in [0, 0.1) is 0 Å². The zero-order chi connectivity index (χ0) is 21.1. The van der Waals surface area contributed by atoms with E-state index in [0.29, 0.717) is 37.3 Å². The van der Waals surface area contributed by atoms with Crippen molar-refractivity contribution >= 4 is 39.8 Å². The quantitative estimate of drug-likeness (QED) is 0.349. The summed E-state index contributed by atoms with van der Waals surface area (Å²) < 4.78 is 29.1. The van der Waals surface area contributed by atoms with Crippen LogP contribution in [0.1, 0.15) is 38.6 Å². The third kappa shape index (κ3) is 5.51. The molecule has 0 radical (unpaired) electrons. The van der Waals surface area contributed by atoms with E-state index in [4.69, 9.17) is 4.52 Å². The van der Waals surface area contributed by atoms with E-state index in [0.717, 1.165) is 24.0 Å². The Morgan fingerprint density at radius 2 is 2.13 bits per heavy atom. The van der Waals surface area contributed by atoms with Crippen LogP contribution in [0.2, 0.25) is 0 Å². The number of guanidine groups is 1. The Labute approximate surface area is 195 Å². The molecule has 2 aromatic rings. The van der Waals surface area contributed by atoms with E-state index in [1.807, 2.05) is 29.2 Å². The van der Waals surface area contributed by atoms with Gasteiger partial charge in [0.25, 0.3) is 5.89 Å². The third-order valence-corrected chi connectivity index (χ3v) is 7.65. The maximum absolute atomic E-state index is 12.2. The first kappa shape index (κ1) is 24.6. The molecule has 1 saturated heterocycles. The number of benzene rings is 1. The van der Waals surface area contributed by atoms with Crippen molar-refractivity contribution in [3.8, 4) is 11.5 Å². The molecule has 0 aliphatic carbocycles. The van der Waals surface area contributed by atoms with Crippen LogP contribution in [0.3, 0.4) is 0 Å². The number of nitrogens with zero attached hydrogens (tertiary/aromatic N) is 4. The number of nitrogens with one attached hydrogen (secondary N) is 1. The fourth-order valence-electron chi connectivity index (χ4n) is 3.35. The molecule has 0 spiro atoms. The molecule has 8 nitrogen and oxygen atoms in total. The first-order valence-electron chi connectivity index (χ1n) is 9.85. The number of hydrogen-bond donors (Lipinski definition) is 1. The third-order valence-electron chi connectivity index (χ3n) is 5.12. The number of aryl methyl sites for hydroxylation is 1. The van der Waals surface area contributed by atoms with Gasteiger partial charge in [-0.1, -0.05) is 24.2 Å². The molecule has 0 saturated carbocycles. The van der Waals surface area contributed by atoms with Crippen LogP contribution in [0.5, 0.6) is 0 Å². The normalized spacial score (nSPS) is 18.0. The number of sulfone groups is 1. The van der Waals surface area contributed by atoms with E-state index in [1.54, 1.807) is 20.9 Å². The van der Waals surface area contributed by atoms with Crippen molar-refractivity contribution in [3.63, 3.8) is 0 Å². The molecule has 30 heavy (non-hydrogen) atoms. The smallest absolute Gasteiger partial charge is 0.257 e. The molecule has 1 N–H and O–H groups in total. The molecule has 166 valence electrons. The molecule has 1 aliphatic heterocycles. The van der Waals surface area contributed by atoms with Crippen molar-refractivity contribution in [2.24, 2.45) is 4.99 Å². The lowest BCUT2D eigenvalue weighted by Crippen LogP contribution is -2.57. The average molecular weight is 547 g/mol. The highest BCUT2D eigenvalue weighted by atomic mass is 127. The lowest BCUT2D eigenvalue weighted by Gasteiger charge is -2.39. The van der Waals surface area contributed by atoms with Crippen molar-refractivity contribution < 1.29 is 12.9 Å². The number of aromatic nitrogens is 2. The van der Waals surface area contributed by atoms with Gasteiger partial charge in [0.05, 0.1) is 10.5 Å². The Bertz CT molecular complexity index is 988. The largest absolute Gasteiger partial charge is 0.352 e.